The molecule has 8 nitrogen and oxygen atoms in total. The molecular weight excluding hydrogens is 358 g/mol. The number of carbonyl (C=O) groups excluding carboxylic acids is 1. The van der Waals surface area contributed by atoms with Crippen molar-refractivity contribution < 1.29 is 14.3 Å². The number of fused-ring (bicyclic) bond motifs is 1. The first kappa shape index (κ1) is 18.2. The molecule has 8 heteroatoms. The number of phenols is 1. The standard InChI is InChI=1S/C20H23N5O3/c26-17-3-1-15(2-4-17)13-24-9-6-19-23-22-18(25(19)11-10-24)5-8-21-20(27)16-7-12-28-14-16/h1-4,7,12,14,26H,5-6,8-11,13H2,(H,21,27). The van der Waals surface area contributed by atoms with Crippen LogP contribution in [-0.2, 0) is 25.9 Å². The number of hydrogen-bond acceptors (Lipinski definition) is 6. The van der Waals surface area contributed by atoms with Gasteiger partial charge in [-0.25, -0.2) is 0 Å². The zero-order valence-electron chi connectivity index (χ0n) is 15.5. The van der Waals surface area contributed by atoms with E-state index in [1.54, 1.807) is 18.2 Å². The van der Waals surface area contributed by atoms with E-state index in [1.807, 2.05) is 12.1 Å². The maximum Gasteiger partial charge on any atom is 0.254 e. The van der Waals surface area contributed by atoms with Crippen molar-refractivity contribution >= 4 is 5.91 Å². The Hall–Kier alpha value is -3.13. The minimum absolute atomic E-state index is 0.149. The van der Waals surface area contributed by atoms with Gasteiger partial charge in [0.05, 0.1) is 11.8 Å². The second kappa shape index (κ2) is 8.26. The summed E-state index contributed by atoms with van der Waals surface area (Å²) < 4.78 is 7.10. The number of carbonyl (C=O) groups is 1. The lowest BCUT2D eigenvalue weighted by molar-refractivity contribution is 0.0953. The van der Waals surface area contributed by atoms with Gasteiger partial charge in [0.2, 0.25) is 0 Å². The number of hydrogen-bond donors (Lipinski definition) is 2. The molecule has 1 aliphatic rings. The van der Waals surface area contributed by atoms with Gasteiger partial charge in [0, 0.05) is 45.6 Å². The van der Waals surface area contributed by atoms with Crippen LogP contribution in [0, 0.1) is 0 Å². The average Bonchev–Trinajstić information content (AvgIpc) is 3.32. The minimum Gasteiger partial charge on any atom is -0.508 e. The van der Waals surface area contributed by atoms with E-state index < -0.39 is 0 Å². The Morgan fingerprint density at radius 3 is 2.79 bits per heavy atom. The van der Waals surface area contributed by atoms with E-state index in [0.29, 0.717) is 18.5 Å². The fraction of sp³-hybridized carbons (Fsp3) is 0.350. The summed E-state index contributed by atoms with van der Waals surface area (Å²) in [6.07, 6.45) is 4.39. The first-order valence-electron chi connectivity index (χ1n) is 9.40. The number of nitrogens with one attached hydrogen (secondary N) is 1. The van der Waals surface area contributed by atoms with Crippen molar-refractivity contribution in [3.8, 4) is 5.75 Å². The lowest BCUT2D eigenvalue weighted by atomic mass is 10.2. The largest absolute Gasteiger partial charge is 0.508 e. The van der Waals surface area contributed by atoms with Gasteiger partial charge in [-0.1, -0.05) is 12.1 Å². The molecule has 0 radical (unpaired) electrons. The lowest BCUT2D eigenvalue weighted by Gasteiger charge is -2.19. The van der Waals surface area contributed by atoms with Crippen LogP contribution in [0.4, 0.5) is 0 Å². The molecule has 0 atom stereocenters. The zero-order valence-corrected chi connectivity index (χ0v) is 15.5. The predicted octanol–water partition coefficient (Wildman–Crippen LogP) is 1.61. The maximum absolute atomic E-state index is 12.0. The quantitative estimate of drug-likeness (QED) is 0.673. The molecule has 2 aromatic heterocycles. The first-order valence-corrected chi connectivity index (χ1v) is 9.40. The summed E-state index contributed by atoms with van der Waals surface area (Å²) in [7, 11) is 0. The Morgan fingerprint density at radius 2 is 2.00 bits per heavy atom. The Morgan fingerprint density at radius 1 is 1.14 bits per heavy atom. The van der Waals surface area contributed by atoms with Crippen molar-refractivity contribution in [3.63, 3.8) is 0 Å². The molecule has 146 valence electrons. The van der Waals surface area contributed by atoms with Gasteiger partial charge in [-0.3, -0.25) is 9.69 Å². The van der Waals surface area contributed by atoms with Crippen molar-refractivity contribution in [1.82, 2.24) is 25.0 Å². The molecule has 0 fully saturated rings. The topological polar surface area (TPSA) is 96.4 Å². The smallest absolute Gasteiger partial charge is 0.254 e. The van der Waals surface area contributed by atoms with Gasteiger partial charge in [-0.05, 0) is 23.8 Å². The van der Waals surface area contributed by atoms with E-state index in [0.717, 1.165) is 44.2 Å². The molecule has 4 rings (SSSR count). The molecule has 2 N–H and O–H groups in total. The molecule has 0 saturated heterocycles. The van der Waals surface area contributed by atoms with Crippen LogP contribution in [0.25, 0.3) is 0 Å². The van der Waals surface area contributed by atoms with E-state index in [1.165, 1.54) is 18.1 Å². The average molecular weight is 381 g/mol. The third kappa shape index (κ3) is 4.23. The molecule has 0 unspecified atom stereocenters. The molecule has 3 heterocycles. The SMILES string of the molecule is O=C(NCCc1nnc2n1CCN(Cc1ccc(O)cc1)CC2)c1ccoc1. The van der Waals surface area contributed by atoms with Gasteiger partial charge in [-0.15, -0.1) is 10.2 Å². The third-order valence-corrected chi connectivity index (χ3v) is 4.96. The number of aromatic nitrogens is 3. The molecule has 1 aromatic carbocycles. The summed E-state index contributed by atoms with van der Waals surface area (Å²) in [5, 5.41) is 21.0. The molecule has 1 amide bonds. The monoisotopic (exact) mass is 381 g/mol. The summed E-state index contributed by atoms with van der Waals surface area (Å²) in [5.74, 6) is 2.03. The fourth-order valence-corrected chi connectivity index (χ4v) is 3.41. The van der Waals surface area contributed by atoms with Crippen LogP contribution in [0.3, 0.4) is 0 Å². The van der Waals surface area contributed by atoms with Crippen LogP contribution in [-0.4, -0.2) is 50.3 Å². The maximum atomic E-state index is 12.0. The summed E-state index contributed by atoms with van der Waals surface area (Å²) in [6, 6.07) is 8.99. The summed E-state index contributed by atoms with van der Waals surface area (Å²) in [5.41, 5.74) is 1.70. The number of amides is 1. The zero-order chi connectivity index (χ0) is 19.3. The number of benzene rings is 1. The van der Waals surface area contributed by atoms with Gasteiger partial charge < -0.3 is 19.4 Å². The molecule has 1 aliphatic heterocycles. The Balaban J connectivity index is 1.32. The van der Waals surface area contributed by atoms with Crippen molar-refractivity contribution in [2.75, 3.05) is 19.6 Å². The molecule has 0 aliphatic carbocycles. The molecule has 3 aromatic rings. The second-order valence-electron chi connectivity index (χ2n) is 6.89. The molecule has 0 bridgehead atoms. The van der Waals surface area contributed by atoms with E-state index >= 15 is 0 Å². The Labute approximate surface area is 162 Å². The van der Waals surface area contributed by atoms with Crippen LogP contribution in [0.15, 0.2) is 47.3 Å². The number of nitrogens with zero attached hydrogens (tertiary/aromatic N) is 4. The Bertz CT molecular complexity index is 918. The summed E-state index contributed by atoms with van der Waals surface area (Å²) in [6.45, 7) is 3.98. The van der Waals surface area contributed by atoms with Gasteiger partial charge in [0.15, 0.2) is 0 Å². The van der Waals surface area contributed by atoms with Crippen LogP contribution in [0.5, 0.6) is 5.75 Å². The number of phenolic OH excluding ortho intramolecular Hbond substituents is 1. The van der Waals surface area contributed by atoms with Crippen molar-refractivity contribution in [2.24, 2.45) is 0 Å². The van der Waals surface area contributed by atoms with Crippen molar-refractivity contribution in [1.29, 1.82) is 0 Å². The van der Waals surface area contributed by atoms with Crippen molar-refractivity contribution in [2.45, 2.75) is 25.9 Å². The van der Waals surface area contributed by atoms with Crippen LogP contribution >= 0.6 is 0 Å². The number of aromatic hydroxyl groups is 1. The van der Waals surface area contributed by atoms with E-state index in [-0.39, 0.29) is 11.7 Å². The highest BCUT2D eigenvalue weighted by molar-refractivity contribution is 5.93. The summed E-state index contributed by atoms with van der Waals surface area (Å²) in [4.78, 5) is 14.4. The second-order valence-corrected chi connectivity index (χ2v) is 6.89. The third-order valence-electron chi connectivity index (χ3n) is 4.96. The fourth-order valence-electron chi connectivity index (χ4n) is 3.41. The van der Waals surface area contributed by atoms with Crippen molar-refractivity contribution in [3.05, 3.63) is 65.6 Å². The first-order chi connectivity index (χ1) is 13.7. The van der Waals surface area contributed by atoms with E-state index in [4.69, 9.17) is 4.42 Å². The molecule has 0 saturated carbocycles. The van der Waals surface area contributed by atoms with E-state index in [2.05, 4.69) is 25.0 Å². The van der Waals surface area contributed by atoms with Crippen LogP contribution in [0.1, 0.15) is 27.6 Å². The van der Waals surface area contributed by atoms with E-state index in [9.17, 15) is 9.90 Å². The van der Waals surface area contributed by atoms with Gasteiger partial charge in [0.1, 0.15) is 23.7 Å². The molecular formula is C20H23N5O3. The van der Waals surface area contributed by atoms with Gasteiger partial charge >= 0.3 is 0 Å². The minimum atomic E-state index is -0.149. The van der Waals surface area contributed by atoms with Crippen LogP contribution < -0.4 is 5.32 Å². The highest BCUT2D eigenvalue weighted by atomic mass is 16.3. The molecule has 0 spiro atoms. The normalized spacial score (nSPS) is 14.4. The number of rotatable bonds is 6. The van der Waals surface area contributed by atoms with Gasteiger partial charge in [-0.2, -0.15) is 0 Å². The highest BCUT2D eigenvalue weighted by Crippen LogP contribution is 2.15. The van der Waals surface area contributed by atoms with Crippen LogP contribution in [0.2, 0.25) is 0 Å². The number of furan rings is 1. The highest BCUT2D eigenvalue weighted by Gasteiger charge is 2.19. The predicted molar refractivity (Wildman–Crippen MR) is 102 cm³/mol. The summed E-state index contributed by atoms with van der Waals surface area (Å²) >= 11 is 0. The lowest BCUT2D eigenvalue weighted by Crippen LogP contribution is -2.28. The van der Waals surface area contributed by atoms with Gasteiger partial charge in [0.25, 0.3) is 5.91 Å². The Kier molecular flexibility index (Phi) is 5.38. The molecule has 28 heavy (non-hydrogen) atoms.